The van der Waals surface area contributed by atoms with Crippen LogP contribution in [0.5, 0.6) is 0 Å². The van der Waals surface area contributed by atoms with Crippen LogP contribution in [0, 0.1) is 11.8 Å². The van der Waals surface area contributed by atoms with Crippen molar-refractivity contribution in [1.82, 2.24) is 5.32 Å². The molecular formula is C14H29NO. The van der Waals surface area contributed by atoms with Gasteiger partial charge in [-0.15, -0.1) is 0 Å². The van der Waals surface area contributed by atoms with Crippen molar-refractivity contribution in [3.63, 3.8) is 0 Å². The molecule has 0 saturated carbocycles. The minimum Gasteiger partial charge on any atom is -0.381 e. The van der Waals surface area contributed by atoms with Gasteiger partial charge in [0.15, 0.2) is 0 Å². The molecule has 2 nitrogen and oxygen atoms in total. The van der Waals surface area contributed by atoms with Crippen LogP contribution in [0.15, 0.2) is 0 Å². The predicted molar refractivity (Wildman–Crippen MR) is 69.7 cm³/mol. The molecule has 1 fully saturated rings. The molecular weight excluding hydrogens is 198 g/mol. The maximum atomic E-state index is 5.64. The molecule has 0 spiro atoms. The van der Waals surface area contributed by atoms with Crippen molar-refractivity contribution in [2.45, 2.75) is 58.9 Å². The van der Waals surface area contributed by atoms with Gasteiger partial charge in [-0.1, -0.05) is 33.6 Å². The molecule has 1 N–H and O–H groups in total. The van der Waals surface area contributed by atoms with Gasteiger partial charge in [-0.25, -0.2) is 0 Å². The Bertz CT molecular complexity index is 168. The molecule has 2 heteroatoms. The van der Waals surface area contributed by atoms with Crippen molar-refractivity contribution < 1.29 is 4.74 Å². The molecule has 0 amide bonds. The third-order valence-corrected chi connectivity index (χ3v) is 3.92. The Morgan fingerprint density at radius 3 is 2.62 bits per heavy atom. The lowest BCUT2D eigenvalue weighted by Gasteiger charge is -2.34. The van der Waals surface area contributed by atoms with Crippen molar-refractivity contribution in [2.75, 3.05) is 19.8 Å². The van der Waals surface area contributed by atoms with E-state index in [9.17, 15) is 0 Å². The highest BCUT2D eigenvalue weighted by Gasteiger charge is 2.26. The van der Waals surface area contributed by atoms with Crippen LogP contribution < -0.4 is 5.32 Å². The first-order chi connectivity index (χ1) is 7.81. The highest BCUT2D eigenvalue weighted by atomic mass is 16.5. The van der Waals surface area contributed by atoms with E-state index in [1.54, 1.807) is 0 Å². The largest absolute Gasteiger partial charge is 0.381 e. The minimum absolute atomic E-state index is 0.703. The maximum absolute atomic E-state index is 5.64. The molecule has 0 aromatic heterocycles. The highest BCUT2D eigenvalue weighted by molar-refractivity contribution is 4.81. The van der Waals surface area contributed by atoms with Gasteiger partial charge in [0, 0.05) is 12.6 Å². The van der Waals surface area contributed by atoms with Gasteiger partial charge in [-0.05, 0) is 37.6 Å². The third kappa shape index (κ3) is 4.42. The van der Waals surface area contributed by atoms with Gasteiger partial charge in [-0.2, -0.15) is 0 Å². The molecule has 1 saturated heterocycles. The van der Waals surface area contributed by atoms with Crippen molar-refractivity contribution in [3.05, 3.63) is 0 Å². The van der Waals surface area contributed by atoms with E-state index in [0.29, 0.717) is 6.04 Å². The monoisotopic (exact) mass is 227 g/mol. The Kier molecular flexibility index (Phi) is 7.06. The number of hydrogen-bond donors (Lipinski definition) is 1. The van der Waals surface area contributed by atoms with Crippen molar-refractivity contribution in [3.8, 4) is 0 Å². The second-order valence-electron chi connectivity index (χ2n) is 5.10. The molecule has 0 radical (unpaired) electrons. The summed E-state index contributed by atoms with van der Waals surface area (Å²) in [6, 6.07) is 0.703. The molecule has 1 aliphatic heterocycles. The van der Waals surface area contributed by atoms with Crippen LogP contribution in [0.25, 0.3) is 0 Å². The Morgan fingerprint density at radius 2 is 2.00 bits per heavy atom. The van der Waals surface area contributed by atoms with Gasteiger partial charge in [0.2, 0.25) is 0 Å². The van der Waals surface area contributed by atoms with Crippen LogP contribution >= 0.6 is 0 Å². The summed E-state index contributed by atoms with van der Waals surface area (Å²) in [5.74, 6) is 1.63. The Hall–Kier alpha value is -0.0800. The van der Waals surface area contributed by atoms with Crippen LogP contribution in [0.4, 0.5) is 0 Å². The van der Waals surface area contributed by atoms with E-state index in [4.69, 9.17) is 4.74 Å². The zero-order valence-electron chi connectivity index (χ0n) is 11.3. The number of nitrogens with one attached hydrogen (secondary N) is 1. The van der Waals surface area contributed by atoms with Crippen molar-refractivity contribution in [2.24, 2.45) is 11.8 Å². The molecule has 0 aromatic rings. The van der Waals surface area contributed by atoms with Crippen molar-refractivity contribution in [1.29, 1.82) is 0 Å². The fraction of sp³-hybridized carbons (Fsp3) is 1.00. The van der Waals surface area contributed by atoms with E-state index >= 15 is 0 Å². The summed E-state index contributed by atoms with van der Waals surface area (Å²) < 4.78 is 5.64. The lowest BCUT2D eigenvalue weighted by molar-refractivity contribution is 0.0218. The Balaban J connectivity index is 2.39. The lowest BCUT2D eigenvalue weighted by Crippen LogP contribution is -2.43. The van der Waals surface area contributed by atoms with Crippen LogP contribution in [-0.2, 0) is 4.74 Å². The zero-order valence-corrected chi connectivity index (χ0v) is 11.3. The van der Waals surface area contributed by atoms with Crippen molar-refractivity contribution >= 4 is 0 Å². The van der Waals surface area contributed by atoms with Crippen LogP contribution in [0.2, 0.25) is 0 Å². The van der Waals surface area contributed by atoms with Gasteiger partial charge in [0.05, 0.1) is 6.61 Å². The Morgan fingerprint density at radius 1 is 1.25 bits per heavy atom. The third-order valence-electron chi connectivity index (χ3n) is 3.92. The topological polar surface area (TPSA) is 21.3 Å². The second kappa shape index (κ2) is 8.08. The first-order valence-corrected chi connectivity index (χ1v) is 7.12. The summed E-state index contributed by atoms with van der Waals surface area (Å²) >= 11 is 0. The first kappa shape index (κ1) is 14.0. The van der Waals surface area contributed by atoms with Crippen LogP contribution in [0.3, 0.4) is 0 Å². The standard InChI is InChI=1S/C14H29NO/c1-4-8-15-14-7-9-16-11-13(14)10-12(5-2)6-3/h12-15H,4-11H2,1-3H3. The summed E-state index contributed by atoms with van der Waals surface area (Å²) in [4.78, 5) is 0. The van der Waals surface area contributed by atoms with E-state index < -0.39 is 0 Å². The van der Waals surface area contributed by atoms with E-state index in [2.05, 4.69) is 26.1 Å². The normalized spacial score (nSPS) is 26.2. The predicted octanol–water partition coefficient (Wildman–Crippen LogP) is 3.22. The van der Waals surface area contributed by atoms with Gasteiger partial charge >= 0.3 is 0 Å². The summed E-state index contributed by atoms with van der Waals surface area (Å²) in [5, 5.41) is 3.69. The molecule has 96 valence electrons. The molecule has 1 heterocycles. The second-order valence-corrected chi connectivity index (χ2v) is 5.10. The fourth-order valence-corrected chi connectivity index (χ4v) is 2.68. The average molecular weight is 227 g/mol. The minimum atomic E-state index is 0.703. The van der Waals surface area contributed by atoms with Crippen LogP contribution in [-0.4, -0.2) is 25.8 Å². The summed E-state index contributed by atoms with van der Waals surface area (Å²) in [7, 11) is 0. The zero-order chi connectivity index (χ0) is 11.8. The lowest BCUT2D eigenvalue weighted by atomic mass is 9.84. The smallest absolute Gasteiger partial charge is 0.0509 e. The quantitative estimate of drug-likeness (QED) is 0.721. The molecule has 1 rings (SSSR count). The molecule has 0 aromatic carbocycles. The molecule has 1 aliphatic rings. The molecule has 0 bridgehead atoms. The fourth-order valence-electron chi connectivity index (χ4n) is 2.68. The summed E-state index contributed by atoms with van der Waals surface area (Å²) in [5.41, 5.74) is 0. The van der Waals surface area contributed by atoms with Gasteiger partial charge < -0.3 is 10.1 Å². The van der Waals surface area contributed by atoms with Crippen LogP contribution in [0.1, 0.15) is 52.9 Å². The number of rotatable bonds is 7. The molecule has 2 atom stereocenters. The van der Waals surface area contributed by atoms with E-state index in [0.717, 1.165) is 31.6 Å². The highest BCUT2D eigenvalue weighted by Crippen LogP contribution is 2.25. The SMILES string of the molecule is CCCNC1CCOCC1CC(CC)CC. The van der Waals surface area contributed by atoms with E-state index in [1.165, 1.54) is 32.1 Å². The Labute approximate surface area is 101 Å². The molecule has 16 heavy (non-hydrogen) atoms. The average Bonchev–Trinajstić information content (AvgIpc) is 2.34. The summed E-state index contributed by atoms with van der Waals surface area (Å²) in [6.07, 6.45) is 6.40. The number of ether oxygens (including phenoxy) is 1. The summed E-state index contributed by atoms with van der Waals surface area (Å²) in [6.45, 7) is 9.93. The van der Waals surface area contributed by atoms with Gasteiger partial charge in [0.1, 0.15) is 0 Å². The van der Waals surface area contributed by atoms with E-state index in [-0.39, 0.29) is 0 Å². The first-order valence-electron chi connectivity index (χ1n) is 7.12. The molecule has 0 aliphatic carbocycles. The number of hydrogen-bond acceptors (Lipinski definition) is 2. The van der Waals surface area contributed by atoms with Gasteiger partial charge in [0.25, 0.3) is 0 Å². The van der Waals surface area contributed by atoms with E-state index in [1.807, 2.05) is 0 Å². The maximum Gasteiger partial charge on any atom is 0.0509 e. The van der Waals surface area contributed by atoms with Gasteiger partial charge in [-0.3, -0.25) is 0 Å². The molecule has 2 unspecified atom stereocenters.